The molecule has 198 valence electrons. The van der Waals surface area contributed by atoms with Gasteiger partial charge in [0.2, 0.25) is 5.82 Å². The molecule has 0 atom stereocenters. The lowest BCUT2D eigenvalue weighted by atomic mass is 10.2. The molecule has 0 saturated heterocycles. The molecule has 2 aromatic heterocycles. The number of rotatable bonds is 9. The maximum Gasteiger partial charge on any atom is 0.341 e. The van der Waals surface area contributed by atoms with Gasteiger partial charge in [-0.2, -0.15) is 9.78 Å². The van der Waals surface area contributed by atoms with Gasteiger partial charge in [-0.15, -0.1) is 0 Å². The van der Waals surface area contributed by atoms with Gasteiger partial charge in [0, 0.05) is 10.0 Å². The minimum absolute atomic E-state index is 0.204. The number of nitrogens with zero attached hydrogens (tertiary/aromatic N) is 3. The summed E-state index contributed by atoms with van der Waals surface area (Å²) in [6.45, 7) is 1.60. The molecule has 0 spiro atoms. The van der Waals surface area contributed by atoms with Gasteiger partial charge in [0.25, 0.3) is 5.56 Å². The SMILES string of the molecule is CCOc1cc(C=Nn2c(-c3cc4c(OC)cccc4o3)nc3ccccc3c2=O)c(Br)cc1OCC(=O)O. The third-order valence-corrected chi connectivity index (χ3v) is 6.43. The number of hydrogen-bond acceptors (Lipinski definition) is 8. The lowest BCUT2D eigenvalue weighted by molar-refractivity contribution is -0.139. The van der Waals surface area contributed by atoms with Crippen LogP contribution in [0.25, 0.3) is 33.5 Å². The van der Waals surface area contributed by atoms with E-state index in [2.05, 4.69) is 21.0 Å². The van der Waals surface area contributed by atoms with Crippen LogP contribution in [-0.2, 0) is 4.79 Å². The number of fused-ring (bicyclic) bond motifs is 2. The van der Waals surface area contributed by atoms with Crippen LogP contribution >= 0.6 is 15.9 Å². The molecule has 1 N–H and O–H groups in total. The van der Waals surface area contributed by atoms with E-state index in [9.17, 15) is 9.59 Å². The molecule has 0 aliphatic rings. The molecule has 0 saturated carbocycles. The molecule has 0 amide bonds. The molecule has 3 aromatic carbocycles. The molecular weight excluding hydrogens is 570 g/mol. The van der Waals surface area contributed by atoms with Crippen molar-refractivity contribution in [2.24, 2.45) is 5.10 Å². The largest absolute Gasteiger partial charge is 0.496 e. The number of carboxylic acids is 1. The molecule has 0 radical (unpaired) electrons. The summed E-state index contributed by atoms with van der Waals surface area (Å²) in [5.74, 6) is 0.634. The van der Waals surface area contributed by atoms with Gasteiger partial charge in [-0.3, -0.25) is 4.79 Å². The molecule has 39 heavy (non-hydrogen) atoms. The number of aromatic nitrogens is 2. The average Bonchev–Trinajstić information content (AvgIpc) is 3.37. The molecule has 10 nitrogen and oxygen atoms in total. The normalized spacial score (nSPS) is 11.4. The van der Waals surface area contributed by atoms with Crippen molar-refractivity contribution in [3.8, 4) is 28.8 Å². The van der Waals surface area contributed by atoms with Crippen molar-refractivity contribution in [2.75, 3.05) is 20.3 Å². The first kappa shape index (κ1) is 26.0. The number of furan rings is 1. The summed E-state index contributed by atoms with van der Waals surface area (Å²) < 4.78 is 24.2. The van der Waals surface area contributed by atoms with Crippen molar-refractivity contribution < 1.29 is 28.5 Å². The summed E-state index contributed by atoms with van der Waals surface area (Å²) in [7, 11) is 1.57. The van der Waals surface area contributed by atoms with Crippen molar-refractivity contribution in [1.29, 1.82) is 0 Å². The fourth-order valence-corrected chi connectivity index (χ4v) is 4.43. The minimum atomic E-state index is -1.11. The Kier molecular flexibility index (Phi) is 7.33. The minimum Gasteiger partial charge on any atom is -0.496 e. The van der Waals surface area contributed by atoms with E-state index in [1.54, 1.807) is 62.6 Å². The lowest BCUT2D eigenvalue weighted by Crippen LogP contribution is -2.20. The maximum atomic E-state index is 13.6. The monoisotopic (exact) mass is 591 g/mol. The average molecular weight is 592 g/mol. The second-order valence-corrected chi connectivity index (χ2v) is 9.09. The van der Waals surface area contributed by atoms with Crippen LogP contribution in [-0.4, -0.2) is 47.3 Å². The first-order valence-electron chi connectivity index (χ1n) is 11.8. The second-order valence-electron chi connectivity index (χ2n) is 8.23. The van der Waals surface area contributed by atoms with Gasteiger partial charge in [0.05, 0.1) is 36.2 Å². The molecular formula is C28H22BrN3O7. The Bertz CT molecular complexity index is 1790. The van der Waals surface area contributed by atoms with Crippen molar-refractivity contribution in [1.82, 2.24) is 9.66 Å². The molecule has 2 heterocycles. The Morgan fingerprint density at radius 3 is 2.64 bits per heavy atom. The third kappa shape index (κ3) is 5.21. The molecule has 0 bridgehead atoms. The van der Waals surface area contributed by atoms with Crippen LogP contribution in [0.3, 0.4) is 0 Å². The quantitative estimate of drug-likeness (QED) is 0.228. The first-order valence-corrected chi connectivity index (χ1v) is 12.6. The van der Waals surface area contributed by atoms with E-state index in [-0.39, 0.29) is 17.1 Å². The van der Waals surface area contributed by atoms with Crippen LogP contribution < -0.4 is 19.8 Å². The highest BCUT2D eigenvalue weighted by atomic mass is 79.9. The van der Waals surface area contributed by atoms with Crippen LogP contribution in [0.5, 0.6) is 17.2 Å². The second kappa shape index (κ2) is 11.0. The lowest BCUT2D eigenvalue weighted by Gasteiger charge is -2.13. The fraction of sp³-hybridized carbons (Fsp3) is 0.143. The highest BCUT2D eigenvalue weighted by molar-refractivity contribution is 9.10. The van der Waals surface area contributed by atoms with E-state index < -0.39 is 12.6 Å². The predicted molar refractivity (Wildman–Crippen MR) is 149 cm³/mol. The number of carboxylic acid groups (broad SMARTS) is 1. The third-order valence-electron chi connectivity index (χ3n) is 5.74. The van der Waals surface area contributed by atoms with Gasteiger partial charge in [-0.1, -0.05) is 18.2 Å². The number of ether oxygens (including phenoxy) is 3. The Morgan fingerprint density at radius 1 is 1.08 bits per heavy atom. The zero-order chi connectivity index (χ0) is 27.5. The van der Waals surface area contributed by atoms with Gasteiger partial charge < -0.3 is 23.7 Å². The number of methoxy groups -OCH3 is 1. The summed E-state index contributed by atoms with van der Waals surface area (Å²) >= 11 is 3.46. The summed E-state index contributed by atoms with van der Waals surface area (Å²) in [4.78, 5) is 29.2. The predicted octanol–water partition coefficient (Wildman–Crippen LogP) is 5.33. The van der Waals surface area contributed by atoms with Crippen LogP contribution in [0.1, 0.15) is 12.5 Å². The number of carbonyl (C=O) groups is 1. The molecule has 5 aromatic rings. The molecule has 11 heteroatoms. The molecule has 0 fully saturated rings. The molecule has 0 aliphatic heterocycles. The van der Waals surface area contributed by atoms with E-state index in [0.717, 1.165) is 5.39 Å². The zero-order valence-corrected chi connectivity index (χ0v) is 22.5. The van der Waals surface area contributed by atoms with E-state index in [4.69, 9.17) is 28.7 Å². The van der Waals surface area contributed by atoms with E-state index in [0.29, 0.717) is 50.4 Å². The summed E-state index contributed by atoms with van der Waals surface area (Å²) in [6, 6.07) is 17.4. The van der Waals surface area contributed by atoms with Gasteiger partial charge in [0.15, 0.2) is 23.9 Å². The van der Waals surface area contributed by atoms with Crippen molar-refractivity contribution in [2.45, 2.75) is 6.92 Å². The van der Waals surface area contributed by atoms with E-state index in [1.807, 2.05) is 12.1 Å². The number of aliphatic carboxylic acids is 1. The Morgan fingerprint density at radius 2 is 1.87 bits per heavy atom. The summed E-state index contributed by atoms with van der Waals surface area (Å²) in [6.07, 6.45) is 1.47. The number of benzene rings is 3. The first-order chi connectivity index (χ1) is 18.9. The van der Waals surface area contributed by atoms with Gasteiger partial charge >= 0.3 is 5.97 Å². The maximum absolute atomic E-state index is 13.6. The fourth-order valence-electron chi connectivity index (χ4n) is 4.00. The summed E-state index contributed by atoms with van der Waals surface area (Å²) in [5.41, 5.74) is 1.24. The number of para-hydroxylation sites is 1. The van der Waals surface area contributed by atoms with Crippen molar-refractivity contribution in [3.05, 3.63) is 81.1 Å². The van der Waals surface area contributed by atoms with E-state index in [1.165, 1.54) is 10.9 Å². The standard InChI is InChI=1S/C28H22BrN3O7/c1-3-37-23-11-16(19(29)13-24(23)38-15-26(33)34)14-30-32-27(31-20-8-5-4-7-17(20)28(32)35)25-12-18-21(36-2)9-6-10-22(18)39-25/h4-14H,3,15H2,1-2H3,(H,33,34). The Labute approximate surface area is 230 Å². The van der Waals surface area contributed by atoms with Crippen LogP contribution in [0.15, 0.2) is 79.4 Å². The van der Waals surface area contributed by atoms with Gasteiger partial charge in [-0.25, -0.2) is 9.78 Å². The topological polar surface area (TPSA) is 125 Å². The summed E-state index contributed by atoms with van der Waals surface area (Å²) in [5, 5.41) is 14.6. The van der Waals surface area contributed by atoms with Crippen LogP contribution in [0.2, 0.25) is 0 Å². The molecule has 0 unspecified atom stereocenters. The highest BCUT2D eigenvalue weighted by Gasteiger charge is 2.18. The highest BCUT2D eigenvalue weighted by Crippen LogP contribution is 2.34. The van der Waals surface area contributed by atoms with Crippen molar-refractivity contribution >= 4 is 50.0 Å². The van der Waals surface area contributed by atoms with Gasteiger partial charge in [-0.05, 0) is 65.3 Å². The zero-order valence-electron chi connectivity index (χ0n) is 20.9. The number of hydrogen-bond donors (Lipinski definition) is 1. The Hall–Kier alpha value is -4.64. The Balaban J connectivity index is 1.65. The van der Waals surface area contributed by atoms with Crippen molar-refractivity contribution in [3.63, 3.8) is 0 Å². The number of halogens is 1. The molecule has 0 aliphatic carbocycles. The molecule has 5 rings (SSSR count). The smallest absolute Gasteiger partial charge is 0.341 e. The van der Waals surface area contributed by atoms with Crippen LogP contribution in [0.4, 0.5) is 0 Å². The van der Waals surface area contributed by atoms with Gasteiger partial charge in [0.1, 0.15) is 11.3 Å². The van der Waals surface area contributed by atoms with E-state index >= 15 is 0 Å². The van der Waals surface area contributed by atoms with Crippen LogP contribution in [0, 0.1) is 0 Å².